The molecule has 7 nitrogen and oxygen atoms in total. The highest BCUT2D eigenvalue weighted by Crippen LogP contribution is 2.39. The third kappa shape index (κ3) is 5.43. The normalized spacial score (nSPS) is 12.2. The number of nitrogens with one attached hydrogen (secondary N) is 2. The van der Waals surface area contributed by atoms with Crippen LogP contribution >= 0.6 is 23.1 Å². The van der Waals surface area contributed by atoms with Gasteiger partial charge in [0.2, 0.25) is 0 Å². The van der Waals surface area contributed by atoms with Crippen molar-refractivity contribution < 1.29 is 14.3 Å². The predicted molar refractivity (Wildman–Crippen MR) is 143 cm³/mol. The third-order valence-electron chi connectivity index (χ3n) is 5.54. The molecule has 1 aliphatic rings. The molecule has 1 aromatic heterocycles. The fraction of sp³-hybridized carbons (Fsp3) is 0.148. The summed E-state index contributed by atoms with van der Waals surface area (Å²) in [5, 5.41) is 6.75. The molecule has 0 atom stereocenters. The lowest BCUT2D eigenvalue weighted by molar-refractivity contribution is 0.0949. The van der Waals surface area contributed by atoms with Gasteiger partial charge in [-0.15, -0.1) is 11.3 Å². The van der Waals surface area contributed by atoms with E-state index in [1.54, 1.807) is 24.4 Å². The van der Waals surface area contributed by atoms with Crippen LogP contribution in [0.3, 0.4) is 0 Å². The molecule has 0 unspecified atom stereocenters. The van der Waals surface area contributed by atoms with Crippen molar-refractivity contribution in [3.8, 4) is 16.3 Å². The molecule has 0 radical (unpaired) electrons. The first-order chi connectivity index (χ1) is 17.6. The number of rotatable bonds is 8. The van der Waals surface area contributed by atoms with Crippen molar-refractivity contribution >= 4 is 40.6 Å². The number of anilines is 1. The van der Waals surface area contributed by atoms with E-state index in [0.717, 1.165) is 37.4 Å². The first-order valence-electron chi connectivity index (χ1n) is 11.5. The van der Waals surface area contributed by atoms with Crippen LogP contribution in [-0.2, 0) is 6.54 Å². The van der Waals surface area contributed by atoms with Gasteiger partial charge in [-0.05, 0) is 67.6 Å². The summed E-state index contributed by atoms with van der Waals surface area (Å²) in [6, 6.07) is 20.6. The van der Waals surface area contributed by atoms with Gasteiger partial charge in [0.1, 0.15) is 10.8 Å². The van der Waals surface area contributed by atoms with Crippen LogP contribution in [-0.4, -0.2) is 29.9 Å². The number of carbonyl (C=O) groups is 2. The van der Waals surface area contributed by atoms with E-state index in [1.807, 2.05) is 48.5 Å². The zero-order valence-corrected chi connectivity index (χ0v) is 21.0. The number of nitrogens with two attached hydrogens (primary N) is 1. The van der Waals surface area contributed by atoms with Gasteiger partial charge in [-0.2, -0.15) is 0 Å². The topological polar surface area (TPSA) is 106 Å². The summed E-state index contributed by atoms with van der Waals surface area (Å²) in [5.41, 5.74) is 8.22. The summed E-state index contributed by atoms with van der Waals surface area (Å²) in [6.45, 7) is 1.56. The molecule has 36 heavy (non-hydrogen) atoms. The molecular formula is C27H24N4O3S2. The number of hydrogen-bond acceptors (Lipinski definition) is 7. The molecule has 0 spiro atoms. The number of carbonyl (C=O) groups excluding carboxylic acids is 2. The summed E-state index contributed by atoms with van der Waals surface area (Å²) in [5.74, 6) is 0.407. The van der Waals surface area contributed by atoms with Crippen LogP contribution in [0, 0.1) is 0 Å². The molecule has 4 aromatic rings. The zero-order valence-electron chi connectivity index (χ0n) is 19.3. The van der Waals surface area contributed by atoms with Crippen molar-refractivity contribution in [1.82, 2.24) is 10.3 Å². The number of aromatic nitrogens is 1. The summed E-state index contributed by atoms with van der Waals surface area (Å²) < 4.78 is 5.64. The highest BCUT2D eigenvalue weighted by molar-refractivity contribution is 7.99. The molecule has 182 valence electrons. The van der Waals surface area contributed by atoms with Gasteiger partial charge in [0.25, 0.3) is 11.8 Å². The van der Waals surface area contributed by atoms with E-state index in [9.17, 15) is 9.59 Å². The number of benzene rings is 3. The van der Waals surface area contributed by atoms with Gasteiger partial charge in [-0.3, -0.25) is 9.59 Å². The summed E-state index contributed by atoms with van der Waals surface area (Å²) in [7, 11) is 0. The second-order valence-electron chi connectivity index (χ2n) is 8.09. The second kappa shape index (κ2) is 10.9. The Kier molecular flexibility index (Phi) is 7.31. The molecule has 0 aliphatic carbocycles. The number of ether oxygens (including phenoxy) is 1. The molecule has 5 rings (SSSR count). The van der Waals surface area contributed by atoms with Gasteiger partial charge in [0, 0.05) is 32.0 Å². The number of thiazole rings is 1. The van der Waals surface area contributed by atoms with Crippen LogP contribution in [0.4, 0.5) is 5.69 Å². The molecule has 4 N–H and O–H groups in total. The SMILES string of the molecule is NCCCOc1ccc(-c2ncc(CNC(=O)c3ccc4c(c3)NC(=O)c3ccccc3S4)s2)cc1. The maximum absolute atomic E-state index is 12.8. The molecular weight excluding hydrogens is 492 g/mol. The number of nitrogens with zero attached hydrogens (tertiary/aromatic N) is 1. The van der Waals surface area contributed by atoms with E-state index in [4.69, 9.17) is 10.5 Å². The molecule has 0 saturated heterocycles. The summed E-state index contributed by atoms with van der Waals surface area (Å²) in [4.78, 5) is 32.7. The van der Waals surface area contributed by atoms with Gasteiger partial charge in [0.15, 0.2) is 0 Å². The standard InChI is InChI=1S/C27H24N4O3S2/c28-12-3-13-34-19-9-6-17(7-10-19)27-30-16-20(35-27)15-29-25(32)18-8-11-24-22(14-18)31-26(33)21-4-1-2-5-23(21)36-24/h1-2,4-11,14,16H,3,12-13,15,28H2,(H,29,32)(H,31,33). The van der Waals surface area contributed by atoms with Crippen LogP contribution < -0.4 is 21.1 Å². The lowest BCUT2D eigenvalue weighted by Crippen LogP contribution is -2.22. The second-order valence-corrected chi connectivity index (χ2v) is 10.3. The van der Waals surface area contributed by atoms with E-state index >= 15 is 0 Å². The first kappa shape index (κ1) is 24.1. The van der Waals surface area contributed by atoms with Crippen LogP contribution in [0.2, 0.25) is 0 Å². The fourth-order valence-electron chi connectivity index (χ4n) is 3.67. The Balaban J connectivity index is 1.21. The average Bonchev–Trinajstić information content (AvgIpc) is 3.32. The van der Waals surface area contributed by atoms with Crippen molar-refractivity contribution in [2.45, 2.75) is 22.8 Å². The van der Waals surface area contributed by atoms with Gasteiger partial charge >= 0.3 is 0 Å². The van der Waals surface area contributed by atoms with Crippen molar-refractivity contribution in [3.63, 3.8) is 0 Å². The van der Waals surface area contributed by atoms with E-state index < -0.39 is 0 Å². The van der Waals surface area contributed by atoms with E-state index in [0.29, 0.717) is 36.5 Å². The Labute approximate surface area is 217 Å². The minimum atomic E-state index is -0.215. The Morgan fingerprint density at radius 3 is 2.72 bits per heavy atom. The van der Waals surface area contributed by atoms with E-state index in [2.05, 4.69) is 15.6 Å². The largest absolute Gasteiger partial charge is 0.494 e. The van der Waals surface area contributed by atoms with Crippen LogP contribution in [0.1, 0.15) is 32.0 Å². The lowest BCUT2D eigenvalue weighted by Gasteiger charge is -2.09. The van der Waals surface area contributed by atoms with E-state index in [-0.39, 0.29) is 11.8 Å². The van der Waals surface area contributed by atoms with Crippen LogP contribution in [0.5, 0.6) is 5.75 Å². The number of fused-ring (bicyclic) bond motifs is 2. The highest BCUT2D eigenvalue weighted by Gasteiger charge is 2.20. The van der Waals surface area contributed by atoms with Gasteiger partial charge in [0.05, 0.1) is 24.4 Å². The molecule has 0 fully saturated rings. The Bertz CT molecular complexity index is 1400. The predicted octanol–water partition coefficient (Wildman–Crippen LogP) is 5.18. The number of hydrogen-bond donors (Lipinski definition) is 3. The Morgan fingerprint density at radius 2 is 1.89 bits per heavy atom. The molecule has 2 amide bonds. The minimum Gasteiger partial charge on any atom is -0.494 e. The highest BCUT2D eigenvalue weighted by atomic mass is 32.2. The maximum Gasteiger partial charge on any atom is 0.256 e. The third-order valence-corrected chi connectivity index (χ3v) is 7.73. The minimum absolute atomic E-state index is 0.179. The van der Waals surface area contributed by atoms with Crippen LogP contribution in [0.15, 0.2) is 82.7 Å². The summed E-state index contributed by atoms with van der Waals surface area (Å²) >= 11 is 3.04. The molecule has 0 saturated carbocycles. The maximum atomic E-state index is 12.8. The van der Waals surface area contributed by atoms with Gasteiger partial charge < -0.3 is 21.1 Å². The average molecular weight is 517 g/mol. The van der Waals surface area contributed by atoms with Crippen molar-refractivity contribution in [2.75, 3.05) is 18.5 Å². The van der Waals surface area contributed by atoms with Crippen molar-refractivity contribution in [1.29, 1.82) is 0 Å². The first-order valence-corrected chi connectivity index (χ1v) is 13.1. The lowest BCUT2D eigenvalue weighted by atomic mass is 10.1. The Morgan fingerprint density at radius 1 is 1.06 bits per heavy atom. The van der Waals surface area contributed by atoms with E-state index in [1.165, 1.54) is 23.1 Å². The van der Waals surface area contributed by atoms with Crippen molar-refractivity contribution in [2.24, 2.45) is 5.73 Å². The zero-order chi connectivity index (χ0) is 24.9. The molecule has 1 aliphatic heterocycles. The van der Waals surface area contributed by atoms with Crippen molar-refractivity contribution in [3.05, 3.63) is 88.9 Å². The quantitative estimate of drug-likeness (QED) is 0.279. The smallest absolute Gasteiger partial charge is 0.256 e. The Hall–Kier alpha value is -3.66. The molecule has 9 heteroatoms. The van der Waals surface area contributed by atoms with Gasteiger partial charge in [-0.1, -0.05) is 23.9 Å². The van der Waals surface area contributed by atoms with Gasteiger partial charge in [-0.25, -0.2) is 4.98 Å². The molecule has 3 aromatic carbocycles. The number of amides is 2. The monoisotopic (exact) mass is 516 g/mol. The fourth-order valence-corrected chi connectivity index (χ4v) is 5.54. The van der Waals surface area contributed by atoms with Crippen LogP contribution in [0.25, 0.3) is 10.6 Å². The summed E-state index contributed by atoms with van der Waals surface area (Å²) in [6.07, 6.45) is 2.59. The molecule has 0 bridgehead atoms. The molecule has 2 heterocycles.